The van der Waals surface area contributed by atoms with Crippen molar-refractivity contribution < 1.29 is 9.47 Å². The van der Waals surface area contributed by atoms with Gasteiger partial charge in [0, 0.05) is 44.3 Å². The highest BCUT2D eigenvalue weighted by atomic mass is 79.9. The molecule has 1 aromatic heterocycles. The number of allylic oxidation sites excluding steroid dienone is 1. The van der Waals surface area contributed by atoms with Gasteiger partial charge in [-0.1, -0.05) is 17.3 Å². The Morgan fingerprint density at radius 2 is 1.47 bits per heavy atom. The Bertz CT molecular complexity index is 1330. The van der Waals surface area contributed by atoms with Gasteiger partial charge in [-0.25, -0.2) is 5.84 Å². The Morgan fingerprint density at radius 1 is 0.822 bits per heavy atom. The second kappa shape index (κ2) is 19.8. The molecule has 4 N–H and O–H groups in total. The number of ether oxygens (including phenoxy) is 2. The predicted octanol–water partition coefficient (Wildman–Crippen LogP) is 5.25. The van der Waals surface area contributed by atoms with E-state index in [1.54, 1.807) is 5.01 Å². The summed E-state index contributed by atoms with van der Waals surface area (Å²) >= 11 is 7.27. The van der Waals surface area contributed by atoms with Crippen LogP contribution in [0.5, 0.6) is 11.5 Å². The number of nitrogens with zero attached hydrogens (tertiary/aromatic N) is 6. The fourth-order valence-electron chi connectivity index (χ4n) is 4.62. The highest BCUT2D eigenvalue weighted by Gasteiger charge is 2.07. The third-order valence-electron chi connectivity index (χ3n) is 7.12. The molecule has 0 aliphatic heterocycles. The van der Waals surface area contributed by atoms with Crippen LogP contribution in [0.1, 0.15) is 42.5 Å². The molecule has 12 heteroatoms. The average Bonchev–Trinajstić information content (AvgIpc) is 3.43. The van der Waals surface area contributed by atoms with Crippen LogP contribution in [0, 0.1) is 0 Å². The molecule has 3 aromatic rings. The third kappa shape index (κ3) is 14.6. The second-order valence-electron chi connectivity index (χ2n) is 11.8. The maximum atomic E-state index is 6.27. The van der Waals surface area contributed by atoms with E-state index < -0.39 is 0 Å². The first-order chi connectivity index (χ1) is 21.6. The summed E-state index contributed by atoms with van der Waals surface area (Å²) in [6, 6.07) is 12.5. The lowest BCUT2D eigenvalue weighted by atomic mass is 10.1. The summed E-state index contributed by atoms with van der Waals surface area (Å²) in [5.41, 5.74) is 10.4. The number of hydrazine groups is 1. The van der Waals surface area contributed by atoms with Crippen molar-refractivity contribution in [3.63, 3.8) is 0 Å². The van der Waals surface area contributed by atoms with Crippen molar-refractivity contribution in [3.8, 4) is 11.5 Å². The maximum absolute atomic E-state index is 6.27. The van der Waals surface area contributed by atoms with Crippen LogP contribution >= 0.6 is 31.9 Å². The minimum absolute atomic E-state index is 0.663. The smallest absolute Gasteiger partial charge is 0.133 e. The minimum atomic E-state index is 0.663. The van der Waals surface area contributed by atoms with Gasteiger partial charge in [0.1, 0.15) is 18.1 Å². The van der Waals surface area contributed by atoms with Gasteiger partial charge in [0.15, 0.2) is 0 Å². The van der Waals surface area contributed by atoms with E-state index in [1.807, 2.05) is 43.3 Å². The lowest BCUT2D eigenvalue weighted by Crippen LogP contribution is -2.28. The van der Waals surface area contributed by atoms with Crippen molar-refractivity contribution in [2.45, 2.75) is 51.5 Å². The number of aryl methyl sites for hydroxylation is 3. The zero-order valence-corrected chi connectivity index (χ0v) is 30.4. The summed E-state index contributed by atoms with van der Waals surface area (Å²) in [4.78, 5) is 4.26. The van der Waals surface area contributed by atoms with Crippen LogP contribution in [0.25, 0.3) is 0 Å². The molecule has 0 saturated carbocycles. The Hall–Kier alpha value is -2.64. The zero-order chi connectivity index (χ0) is 32.6. The molecule has 0 aliphatic rings. The standard InChI is InChI=1S/C33H50Br2N8O2/c1-40(2)16-7-20-44-32-14-12-27(23-31(32)35)15-18-42(37)24-28(36)9-5-10-29-25-43(39-38-29)17-6-8-26-11-13-33(30(34)22-26)45-21-19-41(3)4/h11-14,22-25H,5-10,15-21,36-37H2,1-4H3/b28-24-. The molecular formula is C33H50Br2N8O2. The van der Waals surface area contributed by atoms with Gasteiger partial charge in [-0.2, -0.15) is 0 Å². The van der Waals surface area contributed by atoms with E-state index in [0.717, 1.165) is 96.4 Å². The molecule has 0 amide bonds. The molecule has 0 bridgehead atoms. The van der Waals surface area contributed by atoms with E-state index in [9.17, 15) is 0 Å². The van der Waals surface area contributed by atoms with Crippen LogP contribution in [0.2, 0.25) is 0 Å². The lowest BCUT2D eigenvalue weighted by molar-refractivity contribution is 0.260. The molecule has 0 radical (unpaired) electrons. The second-order valence-corrected chi connectivity index (χ2v) is 13.5. The van der Waals surface area contributed by atoms with Crippen LogP contribution in [0.15, 0.2) is 63.4 Å². The van der Waals surface area contributed by atoms with E-state index in [1.165, 1.54) is 11.1 Å². The quantitative estimate of drug-likeness (QED) is 0.0858. The lowest BCUT2D eigenvalue weighted by Gasteiger charge is -2.16. The number of hydrogen-bond donors (Lipinski definition) is 2. The monoisotopic (exact) mass is 748 g/mol. The zero-order valence-electron chi connectivity index (χ0n) is 27.2. The number of rotatable bonds is 21. The van der Waals surface area contributed by atoms with Crippen LogP contribution < -0.4 is 21.1 Å². The molecule has 0 unspecified atom stereocenters. The topological polar surface area (TPSA) is 111 Å². The van der Waals surface area contributed by atoms with Crippen molar-refractivity contribution in [2.75, 3.05) is 61.0 Å². The van der Waals surface area contributed by atoms with E-state index in [-0.39, 0.29) is 0 Å². The van der Waals surface area contributed by atoms with Crippen molar-refractivity contribution in [1.29, 1.82) is 0 Å². The van der Waals surface area contributed by atoms with Crippen molar-refractivity contribution >= 4 is 31.9 Å². The Labute approximate surface area is 285 Å². The largest absolute Gasteiger partial charge is 0.492 e. The number of nitrogens with two attached hydrogens (primary N) is 2. The van der Waals surface area contributed by atoms with Gasteiger partial charge < -0.3 is 30.0 Å². The van der Waals surface area contributed by atoms with Crippen LogP contribution in [0.4, 0.5) is 0 Å². The number of hydrogen-bond acceptors (Lipinski definition) is 9. The van der Waals surface area contributed by atoms with Gasteiger partial charge in [0.05, 0.1) is 21.2 Å². The fourth-order valence-corrected chi connectivity index (χ4v) is 5.70. The normalized spacial score (nSPS) is 11.9. The Balaban J connectivity index is 1.32. The summed E-state index contributed by atoms with van der Waals surface area (Å²) in [6.45, 7) is 4.72. The molecule has 2 aromatic carbocycles. The number of aromatic nitrogens is 3. The summed E-state index contributed by atoms with van der Waals surface area (Å²) in [7, 11) is 8.21. The number of likely N-dealkylation sites (N-methyl/N-ethyl adjacent to an activating group) is 1. The van der Waals surface area contributed by atoms with Gasteiger partial charge >= 0.3 is 0 Å². The molecule has 10 nitrogen and oxygen atoms in total. The first kappa shape index (κ1) is 36.8. The molecular weight excluding hydrogens is 700 g/mol. The van der Waals surface area contributed by atoms with Crippen molar-refractivity contribution in [1.82, 2.24) is 29.8 Å². The molecule has 0 fully saturated rings. The minimum Gasteiger partial charge on any atom is -0.492 e. The highest BCUT2D eigenvalue weighted by Crippen LogP contribution is 2.27. The summed E-state index contributed by atoms with van der Waals surface area (Å²) < 4.78 is 15.6. The average molecular weight is 751 g/mol. The molecule has 0 aliphatic carbocycles. The maximum Gasteiger partial charge on any atom is 0.133 e. The van der Waals surface area contributed by atoms with Gasteiger partial charge in [0.25, 0.3) is 0 Å². The fraction of sp³-hybridized carbons (Fsp3) is 0.515. The first-order valence-corrected chi connectivity index (χ1v) is 17.2. The highest BCUT2D eigenvalue weighted by molar-refractivity contribution is 9.10. The molecule has 45 heavy (non-hydrogen) atoms. The molecule has 0 spiro atoms. The van der Waals surface area contributed by atoms with Gasteiger partial charge in [-0.3, -0.25) is 4.68 Å². The van der Waals surface area contributed by atoms with Crippen molar-refractivity contribution in [2.24, 2.45) is 11.6 Å². The number of benzene rings is 2. The van der Waals surface area contributed by atoms with E-state index in [2.05, 4.69) is 90.3 Å². The molecule has 1 heterocycles. The Kier molecular flexibility index (Phi) is 16.2. The first-order valence-electron chi connectivity index (χ1n) is 15.6. The van der Waals surface area contributed by atoms with Crippen molar-refractivity contribution in [3.05, 3.63) is 80.3 Å². The molecule has 0 saturated heterocycles. The summed E-state index contributed by atoms with van der Waals surface area (Å²) in [5, 5.41) is 10.3. The van der Waals surface area contributed by atoms with E-state index in [0.29, 0.717) is 19.8 Å². The van der Waals surface area contributed by atoms with Crippen LogP contribution in [0.3, 0.4) is 0 Å². The van der Waals surface area contributed by atoms with Crippen LogP contribution in [-0.4, -0.2) is 90.8 Å². The number of halogens is 2. The Morgan fingerprint density at radius 3 is 2.11 bits per heavy atom. The third-order valence-corrected chi connectivity index (χ3v) is 8.36. The summed E-state index contributed by atoms with van der Waals surface area (Å²) in [5.74, 6) is 7.96. The van der Waals surface area contributed by atoms with Gasteiger partial charge in [-0.05, 0) is 140 Å². The van der Waals surface area contributed by atoms with E-state index in [4.69, 9.17) is 21.1 Å². The van der Waals surface area contributed by atoms with Crippen LogP contribution in [-0.2, 0) is 25.8 Å². The SMILES string of the molecule is CN(C)CCCOc1ccc(CCN(N)/C=C(\N)CCCc2cn(CCCc3ccc(OCCN(C)C)c(Br)c3)nn2)cc1Br. The summed E-state index contributed by atoms with van der Waals surface area (Å²) in [6.07, 6.45) is 10.0. The molecule has 3 rings (SSSR count). The van der Waals surface area contributed by atoms with E-state index >= 15 is 0 Å². The molecule has 248 valence electrons. The molecule has 0 atom stereocenters. The van der Waals surface area contributed by atoms with Gasteiger partial charge in [0.2, 0.25) is 0 Å². The predicted molar refractivity (Wildman–Crippen MR) is 189 cm³/mol. The van der Waals surface area contributed by atoms with Gasteiger partial charge in [-0.15, -0.1) is 5.10 Å².